The van der Waals surface area contributed by atoms with Gasteiger partial charge in [0.2, 0.25) is 0 Å². The Bertz CT molecular complexity index is 1210. The maximum Gasteiger partial charge on any atom is 0.255 e. The number of hydrogen-bond donors (Lipinski definition) is 1. The zero-order valence-electron chi connectivity index (χ0n) is 19.5. The van der Waals surface area contributed by atoms with Crippen LogP contribution in [0.25, 0.3) is 0 Å². The molecule has 4 aromatic carbocycles. The van der Waals surface area contributed by atoms with Crippen molar-refractivity contribution in [3.63, 3.8) is 0 Å². The van der Waals surface area contributed by atoms with Crippen molar-refractivity contribution < 1.29 is 14.3 Å². The summed E-state index contributed by atoms with van der Waals surface area (Å²) in [7, 11) is 0. The Kier molecular flexibility index (Phi) is 8.96. The van der Waals surface area contributed by atoms with Crippen LogP contribution in [0.2, 0.25) is 0 Å². The largest absolute Gasteiger partial charge is 0.494 e. The fourth-order valence-electron chi connectivity index (χ4n) is 3.63. The Morgan fingerprint density at radius 2 is 1.37 bits per heavy atom. The highest BCUT2D eigenvalue weighted by Crippen LogP contribution is 2.27. The monoisotopic (exact) mass is 529 g/mol. The van der Waals surface area contributed by atoms with Crippen molar-refractivity contribution in [3.05, 3.63) is 124 Å². The van der Waals surface area contributed by atoms with E-state index in [4.69, 9.17) is 9.47 Å². The standard InChI is InChI=1S/C30H28BrNO3/c31-28-22-25(13-18-29(28)35-21-19-24-10-5-2-6-11-24)30(33)32-26-14-16-27(17-15-26)34-20-7-12-23-8-3-1-4-9-23/h1-6,8-11,13-18,22H,7,12,19-21H2,(H,32,33). The molecule has 1 N–H and O–H groups in total. The number of nitrogens with one attached hydrogen (secondary N) is 1. The molecule has 5 heteroatoms. The van der Waals surface area contributed by atoms with Crippen molar-refractivity contribution in [2.45, 2.75) is 19.3 Å². The second-order valence-corrected chi connectivity index (χ2v) is 9.00. The van der Waals surface area contributed by atoms with E-state index in [1.807, 2.05) is 54.6 Å². The first-order valence-corrected chi connectivity index (χ1v) is 12.5. The fraction of sp³-hybridized carbons (Fsp3) is 0.167. The van der Waals surface area contributed by atoms with Gasteiger partial charge in [-0.25, -0.2) is 0 Å². The van der Waals surface area contributed by atoms with Gasteiger partial charge >= 0.3 is 0 Å². The van der Waals surface area contributed by atoms with E-state index >= 15 is 0 Å². The van der Waals surface area contributed by atoms with Crippen molar-refractivity contribution in [2.75, 3.05) is 18.5 Å². The van der Waals surface area contributed by atoms with Gasteiger partial charge in [-0.3, -0.25) is 4.79 Å². The van der Waals surface area contributed by atoms with Crippen molar-refractivity contribution in [3.8, 4) is 11.5 Å². The summed E-state index contributed by atoms with van der Waals surface area (Å²) in [4.78, 5) is 12.7. The van der Waals surface area contributed by atoms with E-state index in [0.29, 0.717) is 30.2 Å². The van der Waals surface area contributed by atoms with Crippen LogP contribution in [0.15, 0.2) is 108 Å². The third-order valence-electron chi connectivity index (χ3n) is 5.52. The van der Waals surface area contributed by atoms with Crippen LogP contribution in [0.4, 0.5) is 5.69 Å². The van der Waals surface area contributed by atoms with E-state index in [9.17, 15) is 4.79 Å². The zero-order chi connectivity index (χ0) is 24.3. The minimum Gasteiger partial charge on any atom is -0.494 e. The Labute approximate surface area is 215 Å². The molecule has 1 amide bonds. The van der Waals surface area contributed by atoms with Crippen LogP contribution in [0.5, 0.6) is 11.5 Å². The lowest BCUT2D eigenvalue weighted by Crippen LogP contribution is -2.12. The summed E-state index contributed by atoms with van der Waals surface area (Å²) in [5.41, 5.74) is 3.80. The number of halogens is 1. The molecular formula is C30H28BrNO3. The predicted molar refractivity (Wildman–Crippen MR) is 144 cm³/mol. The third-order valence-corrected chi connectivity index (χ3v) is 6.14. The summed E-state index contributed by atoms with van der Waals surface area (Å²) in [5, 5.41) is 2.93. The van der Waals surface area contributed by atoms with E-state index in [0.717, 1.165) is 29.5 Å². The van der Waals surface area contributed by atoms with Crippen LogP contribution in [-0.2, 0) is 12.8 Å². The quantitative estimate of drug-likeness (QED) is 0.207. The Morgan fingerprint density at radius 3 is 2.03 bits per heavy atom. The van der Waals surface area contributed by atoms with Gasteiger partial charge in [-0.1, -0.05) is 60.7 Å². The third kappa shape index (κ3) is 7.72. The summed E-state index contributed by atoms with van der Waals surface area (Å²) in [6.07, 6.45) is 2.76. The lowest BCUT2D eigenvalue weighted by molar-refractivity contribution is 0.102. The fourth-order valence-corrected chi connectivity index (χ4v) is 4.12. The Hall–Kier alpha value is -3.57. The van der Waals surface area contributed by atoms with Crippen molar-refractivity contribution in [1.82, 2.24) is 0 Å². The topological polar surface area (TPSA) is 47.6 Å². The number of ether oxygens (including phenoxy) is 2. The van der Waals surface area contributed by atoms with E-state index < -0.39 is 0 Å². The van der Waals surface area contributed by atoms with Gasteiger partial charge in [-0.2, -0.15) is 0 Å². The second kappa shape index (κ2) is 12.8. The maximum absolute atomic E-state index is 12.7. The Balaban J connectivity index is 1.23. The molecule has 4 aromatic rings. The Morgan fingerprint density at radius 1 is 0.714 bits per heavy atom. The molecule has 178 valence electrons. The molecule has 0 spiro atoms. The highest BCUT2D eigenvalue weighted by atomic mass is 79.9. The molecule has 4 rings (SSSR count). The minimum atomic E-state index is -0.182. The van der Waals surface area contributed by atoms with Crippen LogP contribution >= 0.6 is 15.9 Å². The molecule has 0 aliphatic heterocycles. The minimum absolute atomic E-state index is 0.182. The number of rotatable bonds is 11. The number of amides is 1. The lowest BCUT2D eigenvalue weighted by Gasteiger charge is -2.11. The van der Waals surface area contributed by atoms with E-state index in [2.05, 4.69) is 57.6 Å². The summed E-state index contributed by atoms with van der Waals surface area (Å²) in [6, 6.07) is 33.4. The summed E-state index contributed by atoms with van der Waals surface area (Å²) >= 11 is 3.52. The van der Waals surface area contributed by atoms with E-state index in [1.165, 1.54) is 11.1 Å². The normalized spacial score (nSPS) is 10.5. The lowest BCUT2D eigenvalue weighted by atomic mass is 10.1. The first kappa shape index (κ1) is 24.6. The molecule has 0 saturated heterocycles. The van der Waals surface area contributed by atoms with Gasteiger partial charge in [0, 0.05) is 17.7 Å². The van der Waals surface area contributed by atoms with Crippen LogP contribution in [0.1, 0.15) is 27.9 Å². The van der Waals surface area contributed by atoms with Gasteiger partial charge in [-0.15, -0.1) is 0 Å². The maximum atomic E-state index is 12.7. The second-order valence-electron chi connectivity index (χ2n) is 8.15. The zero-order valence-corrected chi connectivity index (χ0v) is 21.0. The number of hydrogen-bond acceptors (Lipinski definition) is 3. The number of carbonyl (C=O) groups is 1. The van der Waals surface area contributed by atoms with Crippen LogP contribution < -0.4 is 14.8 Å². The highest BCUT2D eigenvalue weighted by molar-refractivity contribution is 9.10. The molecule has 0 aliphatic rings. The van der Waals surface area contributed by atoms with E-state index in [-0.39, 0.29) is 5.91 Å². The van der Waals surface area contributed by atoms with E-state index in [1.54, 1.807) is 12.1 Å². The number of anilines is 1. The van der Waals surface area contributed by atoms with Gasteiger partial charge < -0.3 is 14.8 Å². The summed E-state index contributed by atoms with van der Waals surface area (Å²) in [6.45, 7) is 1.21. The molecule has 0 saturated carbocycles. The van der Waals surface area contributed by atoms with Gasteiger partial charge in [0.1, 0.15) is 11.5 Å². The summed E-state index contributed by atoms with van der Waals surface area (Å²) < 4.78 is 12.5. The smallest absolute Gasteiger partial charge is 0.255 e. The molecule has 0 radical (unpaired) electrons. The molecule has 0 aromatic heterocycles. The molecule has 35 heavy (non-hydrogen) atoms. The van der Waals surface area contributed by atoms with Gasteiger partial charge in [0.25, 0.3) is 5.91 Å². The molecule has 0 heterocycles. The van der Waals surface area contributed by atoms with Gasteiger partial charge in [-0.05, 0) is 82.4 Å². The van der Waals surface area contributed by atoms with Crippen molar-refractivity contribution in [2.24, 2.45) is 0 Å². The number of carbonyl (C=O) groups excluding carboxylic acids is 1. The van der Waals surface area contributed by atoms with Crippen LogP contribution in [0, 0.1) is 0 Å². The average molecular weight is 530 g/mol. The molecule has 4 nitrogen and oxygen atoms in total. The van der Waals surface area contributed by atoms with Crippen LogP contribution in [-0.4, -0.2) is 19.1 Å². The first-order chi connectivity index (χ1) is 17.2. The molecule has 0 atom stereocenters. The molecule has 0 aliphatic carbocycles. The molecule has 0 bridgehead atoms. The predicted octanol–water partition coefficient (Wildman–Crippen LogP) is 7.33. The first-order valence-electron chi connectivity index (χ1n) is 11.7. The SMILES string of the molecule is O=C(Nc1ccc(OCCCc2ccccc2)cc1)c1ccc(OCCc2ccccc2)c(Br)c1. The molecule has 0 fully saturated rings. The van der Waals surface area contributed by atoms with Crippen LogP contribution in [0.3, 0.4) is 0 Å². The molecular weight excluding hydrogens is 502 g/mol. The van der Waals surface area contributed by atoms with Crippen molar-refractivity contribution in [1.29, 1.82) is 0 Å². The molecule has 0 unspecified atom stereocenters. The number of benzene rings is 4. The average Bonchev–Trinajstić information content (AvgIpc) is 2.89. The highest BCUT2D eigenvalue weighted by Gasteiger charge is 2.10. The number of aryl methyl sites for hydroxylation is 1. The summed E-state index contributed by atoms with van der Waals surface area (Å²) in [5.74, 6) is 1.32. The van der Waals surface area contributed by atoms with Gasteiger partial charge in [0.05, 0.1) is 17.7 Å². The van der Waals surface area contributed by atoms with Gasteiger partial charge in [0.15, 0.2) is 0 Å². The van der Waals surface area contributed by atoms with Crippen molar-refractivity contribution >= 4 is 27.5 Å².